The van der Waals surface area contributed by atoms with E-state index in [4.69, 9.17) is 11.1 Å². The third-order valence-electron chi connectivity index (χ3n) is 2.28. The Morgan fingerprint density at radius 3 is 2.22 bits per heavy atom. The molecule has 6 nitrogen and oxygen atoms in total. The fourth-order valence-electron chi connectivity index (χ4n) is 1.51. The number of anilines is 2. The standard InChI is InChI=1S/C11H17N5O.ClH/c1-6-4-8(12)5-7(2)9(6)15-11(17)16-10(13)14-3;/h4-5H,12H2,1-3H3,(H4,13,14,15,16,17);1H. The van der Waals surface area contributed by atoms with E-state index in [1.165, 1.54) is 0 Å². The zero-order valence-corrected chi connectivity index (χ0v) is 11.4. The van der Waals surface area contributed by atoms with Crippen LogP contribution in [0.2, 0.25) is 0 Å². The summed E-state index contributed by atoms with van der Waals surface area (Å²) in [6, 6.07) is 3.11. The first-order valence-electron chi connectivity index (χ1n) is 5.15. The van der Waals surface area contributed by atoms with E-state index in [0.717, 1.165) is 11.1 Å². The van der Waals surface area contributed by atoms with Gasteiger partial charge in [0.1, 0.15) is 0 Å². The number of guanidine groups is 1. The van der Waals surface area contributed by atoms with Crippen LogP contribution in [-0.4, -0.2) is 19.0 Å². The van der Waals surface area contributed by atoms with Gasteiger partial charge in [-0.2, -0.15) is 0 Å². The average Bonchev–Trinajstić information content (AvgIpc) is 2.23. The molecule has 0 aliphatic carbocycles. The lowest BCUT2D eigenvalue weighted by molar-refractivity contribution is 0.256. The van der Waals surface area contributed by atoms with Crippen molar-refractivity contribution in [3.63, 3.8) is 0 Å². The maximum absolute atomic E-state index is 11.5. The SMILES string of the molecule is CNC(=N)NC(=O)Nc1c(C)cc(N)cc1C.Cl. The van der Waals surface area contributed by atoms with Gasteiger partial charge < -0.3 is 16.4 Å². The lowest BCUT2D eigenvalue weighted by Crippen LogP contribution is -2.40. The molecule has 18 heavy (non-hydrogen) atoms. The minimum atomic E-state index is -0.458. The number of halogens is 1. The second kappa shape index (κ2) is 6.70. The predicted octanol–water partition coefficient (Wildman–Crippen LogP) is 1.58. The van der Waals surface area contributed by atoms with Gasteiger partial charge >= 0.3 is 6.03 Å². The van der Waals surface area contributed by atoms with E-state index < -0.39 is 6.03 Å². The van der Waals surface area contributed by atoms with Crippen molar-refractivity contribution >= 4 is 35.8 Å². The lowest BCUT2D eigenvalue weighted by atomic mass is 10.1. The first kappa shape index (κ1) is 16.1. The Labute approximate surface area is 112 Å². The van der Waals surface area contributed by atoms with Crippen molar-refractivity contribution in [2.45, 2.75) is 13.8 Å². The van der Waals surface area contributed by atoms with Crippen molar-refractivity contribution in [1.29, 1.82) is 5.41 Å². The van der Waals surface area contributed by atoms with E-state index in [-0.39, 0.29) is 18.4 Å². The molecule has 0 heterocycles. The van der Waals surface area contributed by atoms with Gasteiger partial charge in [0.05, 0.1) is 0 Å². The molecule has 0 aliphatic heterocycles. The molecule has 1 rings (SSSR count). The molecule has 1 aromatic carbocycles. The summed E-state index contributed by atoms with van der Waals surface area (Å²) in [4.78, 5) is 11.5. The molecule has 0 atom stereocenters. The first-order chi connectivity index (χ1) is 7.93. The first-order valence-corrected chi connectivity index (χ1v) is 5.15. The fraction of sp³-hybridized carbons (Fsp3) is 0.273. The Kier molecular flexibility index (Phi) is 5.98. The smallest absolute Gasteiger partial charge is 0.326 e. The fourth-order valence-corrected chi connectivity index (χ4v) is 1.51. The number of nitrogen functional groups attached to an aromatic ring is 1. The second-order valence-electron chi connectivity index (χ2n) is 3.73. The van der Waals surface area contributed by atoms with Crippen LogP contribution in [0.15, 0.2) is 12.1 Å². The van der Waals surface area contributed by atoms with Gasteiger partial charge in [0.2, 0.25) is 0 Å². The summed E-state index contributed by atoms with van der Waals surface area (Å²) in [5.74, 6) is -0.0618. The molecular formula is C11H18ClN5O. The minimum absolute atomic E-state index is 0. The van der Waals surface area contributed by atoms with Crippen LogP contribution in [0, 0.1) is 19.3 Å². The Balaban J connectivity index is 0.00000289. The maximum atomic E-state index is 11.5. The van der Waals surface area contributed by atoms with Gasteiger partial charge in [-0.3, -0.25) is 10.7 Å². The van der Waals surface area contributed by atoms with E-state index in [2.05, 4.69) is 16.0 Å². The molecule has 0 saturated heterocycles. The number of urea groups is 1. The third kappa shape index (κ3) is 4.14. The normalized spacial score (nSPS) is 9.06. The summed E-state index contributed by atoms with van der Waals surface area (Å²) < 4.78 is 0. The number of carbonyl (C=O) groups excluding carboxylic acids is 1. The molecule has 0 bridgehead atoms. The predicted molar refractivity (Wildman–Crippen MR) is 76.5 cm³/mol. The summed E-state index contributed by atoms with van der Waals surface area (Å²) >= 11 is 0. The molecule has 7 heteroatoms. The Hall–Kier alpha value is -1.95. The summed E-state index contributed by atoms with van der Waals surface area (Å²) in [7, 11) is 1.56. The molecule has 0 unspecified atom stereocenters. The quantitative estimate of drug-likeness (QED) is 0.304. The monoisotopic (exact) mass is 271 g/mol. The van der Waals surface area contributed by atoms with Crippen molar-refractivity contribution in [2.75, 3.05) is 18.1 Å². The maximum Gasteiger partial charge on any atom is 0.326 e. The van der Waals surface area contributed by atoms with Crippen molar-refractivity contribution in [3.8, 4) is 0 Å². The minimum Gasteiger partial charge on any atom is -0.399 e. The van der Waals surface area contributed by atoms with Crippen molar-refractivity contribution < 1.29 is 4.79 Å². The van der Waals surface area contributed by atoms with E-state index in [0.29, 0.717) is 11.4 Å². The van der Waals surface area contributed by atoms with Crippen LogP contribution in [0.4, 0.5) is 16.2 Å². The molecule has 0 aromatic heterocycles. The third-order valence-corrected chi connectivity index (χ3v) is 2.28. The van der Waals surface area contributed by atoms with Gasteiger partial charge in [0.15, 0.2) is 5.96 Å². The molecule has 0 saturated carbocycles. The highest BCUT2D eigenvalue weighted by Gasteiger charge is 2.08. The Morgan fingerprint density at radius 2 is 1.78 bits per heavy atom. The van der Waals surface area contributed by atoms with Crippen LogP contribution in [0.25, 0.3) is 0 Å². The largest absolute Gasteiger partial charge is 0.399 e. The van der Waals surface area contributed by atoms with Gasteiger partial charge in [-0.15, -0.1) is 12.4 Å². The molecule has 0 fully saturated rings. The molecule has 0 spiro atoms. The van der Waals surface area contributed by atoms with E-state index >= 15 is 0 Å². The van der Waals surface area contributed by atoms with E-state index in [9.17, 15) is 4.79 Å². The lowest BCUT2D eigenvalue weighted by Gasteiger charge is -2.13. The Morgan fingerprint density at radius 1 is 1.28 bits per heavy atom. The summed E-state index contributed by atoms with van der Waals surface area (Å²) in [6.07, 6.45) is 0. The molecule has 0 aliphatic rings. The van der Waals surface area contributed by atoms with Crippen LogP contribution in [-0.2, 0) is 0 Å². The van der Waals surface area contributed by atoms with Crippen molar-refractivity contribution in [2.24, 2.45) is 0 Å². The van der Waals surface area contributed by atoms with Crippen LogP contribution in [0.5, 0.6) is 0 Å². The summed E-state index contributed by atoms with van der Waals surface area (Å²) in [6.45, 7) is 3.73. The highest BCUT2D eigenvalue weighted by molar-refractivity contribution is 6.02. The molecule has 0 radical (unpaired) electrons. The number of carbonyl (C=O) groups is 1. The van der Waals surface area contributed by atoms with Crippen molar-refractivity contribution in [3.05, 3.63) is 23.3 Å². The summed E-state index contributed by atoms with van der Waals surface area (Å²) in [5, 5.41) is 14.8. The number of nitrogens with one attached hydrogen (secondary N) is 4. The average molecular weight is 272 g/mol. The van der Waals surface area contributed by atoms with Gasteiger partial charge in [-0.25, -0.2) is 4.79 Å². The second-order valence-corrected chi connectivity index (χ2v) is 3.73. The zero-order chi connectivity index (χ0) is 13.0. The van der Waals surface area contributed by atoms with Crippen LogP contribution < -0.4 is 21.7 Å². The Bertz CT molecular complexity index is 438. The zero-order valence-electron chi connectivity index (χ0n) is 10.5. The molecule has 100 valence electrons. The van der Waals surface area contributed by atoms with E-state index in [1.807, 2.05) is 13.8 Å². The molecule has 1 aromatic rings. The molecule has 6 N–H and O–H groups in total. The van der Waals surface area contributed by atoms with Crippen LogP contribution in [0.3, 0.4) is 0 Å². The van der Waals surface area contributed by atoms with Crippen LogP contribution in [0.1, 0.15) is 11.1 Å². The van der Waals surface area contributed by atoms with Crippen LogP contribution >= 0.6 is 12.4 Å². The van der Waals surface area contributed by atoms with Gasteiger partial charge in [-0.05, 0) is 37.1 Å². The highest BCUT2D eigenvalue weighted by atomic mass is 35.5. The molecular weight excluding hydrogens is 254 g/mol. The highest BCUT2D eigenvalue weighted by Crippen LogP contribution is 2.22. The number of nitrogens with two attached hydrogens (primary N) is 1. The summed E-state index contributed by atoms with van der Waals surface area (Å²) in [5.41, 5.74) is 8.82. The number of hydrogen-bond donors (Lipinski definition) is 5. The van der Waals surface area contributed by atoms with Gasteiger partial charge in [0, 0.05) is 18.4 Å². The molecule has 2 amide bonds. The number of benzene rings is 1. The van der Waals surface area contributed by atoms with E-state index in [1.54, 1.807) is 19.2 Å². The number of hydrogen-bond acceptors (Lipinski definition) is 3. The van der Waals surface area contributed by atoms with Gasteiger partial charge in [-0.1, -0.05) is 0 Å². The van der Waals surface area contributed by atoms with Crippen molar-refractivity contribution in [1.82, 2.24) is 10.6 Å². The number of rotatable bonds is 1. The number of aryl methyl sites for hydroxylation is 2. The van der Waals surface area contributed by atoms with Gasteiger partial charge in [0.25, 0.3) is 0 Å². The topological polar surface area (TPSA) is 103 Å². The number of amides is 2.